The summed E-state index contributed by atoms with van der Waals surface area (Å²) < 4.78 is 5.11. The van der Waals surface area contributed by atoms with E-state index in [1.165, 1.54) is 19.3 Å². The third kappa shape index (κ3) is 2.59. The minimum absolute atomic E-state index is 0.369. The molecule has 0 radical (unpaired) electrons. The van der Waals surface area contributed by atoms with Gasteiger partial charge in [0.2, 0.25) is 0 Å². The first-order chi connectivity index (χ1) is 9.65. The summed E-state index contributed by atoms with van der Waals surface area (Å²) in [4.78, 5) is 13.7. The van der Waals surface area contributed by atoms with Crippen LogP contribution in [-0.2, 0) is 11.3 Å². The molecule has 110 valence electrons. The molecule has 2 fully saturated rings. The number of carboxylic acids is 1. The van der Waals surface area contributed by atoms with E-state index in [1.807, 2.05) is 13.0 Å². The van der Waals surface area contributed by atoms with Crippen molar-refractivity contribution < 1.29 is 14.4 Å². The van der Waals surface area contributed by atoms with Gasteiger partial charge in [0.25, 0.3) is 0 Å². The third-order valence-electron chi connectivity index (χ3n) is 4.81. The van der Waals surface area contributed by atoms with Crippen LogP contribution in [-0.4, -0.2) is 33.2 Å². The number of hydrogen-bond donors (Lipinski definition) is 1. The van der Waals surface area contributed by atoms with Crippen molar-refractivity contribution in [2.24, 2.45) is 5.92 Å². The lowest BCUT2D eigenvalue weighted by atomic mass is 9.76. The van der Waals surface area contributed by atoms with Crippen LogP contribution >= 0.6 is 0 Å². The maximum absolute atomic E-state index is 11.5. The van der Waals surface area contributed by atoms with E-state index in [0.29, 0.717) is 18.5 Å². The van der Waals surface area contributed by atoms with E-state index in [1.54, 1.807) is 0 Å². The number of aromatic nitrogens is 1. The molecule has 1 saturated heterocycles. The van der Waals surface area contributed by atoms with Gasteiger partial charge in [-0.25, -0.2) is 0 Å². The van der Waals surface area contributed by atoms with Gasteiger partial charge in [-0.15, -0.1) is 0 Å². The number of aliphatic carboxylic acids is 1. The fraction of sp³-hybridized carbons (Fsp3) is 0.733. The van der Waals surface area contributed by atoms with E-state index < -0.39 is 5.97 Å². The summed E-state index contributed by atoms with van der Waals surface area (Å²) in [6, 6.07) is 1.94. The molecular formula is C15H22N2O3. The van der Waals surface area contributed by atoms with Crippen LogP contribution in [0, 0.1) is 12.8 Å². The van der Waals surface area contributed by atoms with E-state index in [4.69, 9.17) is 4.52 Å². The molecule has 20 heavy (non-hydrogen) atoms. The first-order valence-corrected chi connectivity index (χ1v) is 7.56. The molecule has 1 aliphatic heterocycles. The quantitative estimate of drug-likeness (QED) is 0.920. The number of aryl methyl sites for hydroxylation is 1. The van der Waals surface area contributed by atoms with Crippen molar-refractivity contribution in [1.82, 2.24) is 10.1 Å². The normalized spacial score (nSPS) is 30.9. The standard InChI is InChI=1S/C15H22N2O3/c1-10-8-12(16-20-10)9-17-13-5-3-2-4-11(13)6-7-14(17)15(18)19/h8,11,13-14H,2-7,9H2,1H3,(H,18,19). The zero-order valence-corrected chi connectivity index (χ0v) is 11.9. The first-order valence-electron chi connectivity index (χ1n) is 7.56. The number of piperidine rings is 1. The third-order valence-corrected chi connectivity index (χ3v) is 4.81. The van der Waals surface area contributed by atoms with Crippen LogP contribution in [0.15, 0.2) is 10.6 Å². The second-order valence-corrected chi connectivity index (χ2v) is 6.14. The van der Waals surface area contributed by atoms with Crippen molar-refractivity contribution in [3.05, 3.63) is 17.5 Å². The molecule has 5 heteroatoms. The van der Waals surface area contributed by atoms with Crippen LogP contribution in [0.2, 0.25) is 0 Å². The Bertz CT molecular complexity index is 485. The average Bonchev–Trinajstić information content (AvgIpc) is 2.84. The number of hydrogen-bond acceptors (Lipinski definition) is 4. The van der Waals surface area contributed by atoms with Gasteiger partial charge in [-0.1, -0.05) is 18.0 Å². The minimum Gasteiger partial charge on any atom is -0.480 e. The first kappa shape index (κ1) is 13.6. The molecule has 1 aromatic heterocycles. The van der Waals surface area contributed by atoms with Crippen molar-refractivity contribution in [3.8, 4) is 0 Å². The highest BCUT2D eigenvalue weighted by molar-refractivity contribution is 5.73. The molecule has 0 spiro atoms. The molecule has 0 amide bonds. The van der Waals surface area contributed by atoms with Gasteiger partial charge in [-0.3, -0.25) is 9.69 Å². The highest BCUT2D eigenvalue weighted by atomic mass is 16.5. The van der Waals surface area contributed by atoms with Crippen LogP contribution in [0.25, 0.3) is 0 Å². The van der Waals surface area contributed by atoms with E-state index in [-0.39, 0.29) is 6.04 Å². The summed E-state index contributed by atoms with van der Waals surface area (Å²) in [7, 11) is 0. The fourth-order valence-electron chi connectivity index (χ4n) is 3.90. The Morgan fingerprint density at radius 3 is 2.90 bits per heavy atom. The van der Waals surface area contributed by atoms with Gasteiger partial charge in [0, 0.05) is 18.7 Å². The second kappa shape index (κ2) is 5.56. The van der Waals surface area contributed by atoms with Crippen LogP contribution in [0.1, 0.15) is 50.0 Å². The van der Waals surface area contributed by atoms with Crippen molar-refractivity contribution in [1.29, 1.82) is 0 Å². The van der Waals surface area contributed by atoms with Gasteiger partial charge in [-0.05, 0) is 38.5 Å². The summed E-state index contributed by atoms with van der Waals surface area (Å²) in [5, 5.41) is 13.5. The van der Waals surface area contributed by atoms with Crippen LogP contribution in [0.5, 0.6) is 0 Å². The lowest BCUT2D eigenvalue weighted by molar-refractivity contribution is -0.148. The van der Waals surface area contributed by atoms with E-state index >= 15 is 0 Å². The Balaban J connectivity index is 1.81. The summed E-state index contributed by atoms with van der Waals surface area (Å²) in [6.45, 7) is 2.46. The largest absolute Gasteiger partial charge is 0.480 e. The molecule has 1 aromatic rings. The molecule has 5 nitrogen and oxygen atoms in total. The van der Waals surface area contributed by atoms with Gasteiger partial charge >= 0.3 is 5.97 Å². The lowest BCUT2D eigenvalue weighted by Gasteiger charge is -2.46. The Labute approximate surface area is 118 Å². The number of nitrogens with zero attached hydrogens (tertiary/aromatic N) is 2. The van der Waals surface area contributed by atoms with Gasteiger partial charge in [-0.2, -0.15) is 0 Å². The number of fused-ring (bicyclic) bond motifs is 1. The molecule has 1 saturated carbocycles. The summed E-state index contributed by atoms with van der Waals surface area (Å²) >= 11 is 0. The SMILES string of the molecule is Cc1cc(CN2C(C(=O)O)CCC3CCCCC32)no1. The van der Waals surface area contributed by atoms with Gasteiger partial charge in [0.1, 0.15) is 11.8 Å². The Hall–Kier alpha value is -1.36. The molecule has 3 unspecified atom stereocenters. The molecule has 0 bridgehead atoms. The summed E-state index contributed by atoms with van der Waals surface area (Å²) in [5.74, 6) is 0.741. The summed E-state index contributed by atoms with van der Waals surface area (Å²) in [6.07, 6.45) is 6.66. The number of likely N-dealkylation sites (tertiary alicyclic amines) is 1. The molecule has 1 N–H and O–H groups in total. The van der Waals surface area contributed by atoms with Crippen molar-refractivity contribution >= 4 is 5.97 Å². The molecule has 3 rings (SSSR count). The predicted molar refractivity (Wildman–Crippen MR) is 73.2 cm³/mol. The topological polar surface area (TPSA) is 66.6 Å². The Kier molecular flexibility index (Phi) is 3.78. The van der Waals surface area contributed by atoms with Crippen LogP contribution in [0.3, 0.4) is 0 Å². The van der Waals surface area contributed by atoms with E-state index in [0.717, 1.165) is 30.7 Å². The Morgan fingerprint density at radius 2 is 2.20 bits per heavy atom. The van der Waals surface area contributed by atoms with Gasteiger partial charge in [0.15, 0.2) is 0 Å². The molecule has 0 aromatic carbocycles. The van der Waals surface area contributed by atoms with Gasteiger partial charge < -0.3 is 9.63 Å². The molecular weight excluding hydrogens is 256 g/mol. The molecule has 2 aliphatic rings. The predicted octanol–water partition coefficient (Wildman–Crippen LogP) is 2.59. The van der Waals surface area contributed by atoms with Crippen molar-refractivity contribution in [2.45, 2.75) is 64.1 Å². The van der Waals surface area contributed by atoms with Crippen LogP contribution in [0.4, 0.5) is 0 Å². The number of carboxylic acid groups (broad SMARTS) is 1. The maximum atomic E-state index is 11.5. The minimum atomic E-state index is -0.700. The number of rotatable bonds is 3. The van der Waals surface area contributed by atoms with Crippen molar-refractivity contribution in [2.75, 3.05) is 0 Å². The smallest absolute Gasteiger partial charge is 0.320 e. The van der Waals surface area contributed by atoms with Crippen molar-refractivity contribution in [3.63, 3.8) is 0 Å². The zero-order chi connectivity index (χ0) is 14.1. The Morgan fingerprint density at radius 1 is 1.40 bits per heavy atom. The zero-order valence-electron chi connectivity index (χ0n) is 11.9. The monoisotopic (exact) mass is 278 g/mol. The fourth-order valence-corrected chi connectivity index (χ4v) is 3.90. The van der Waals surface area contributed by atoms with E-state index in [2.05, 4.69) is 10.1 Å². The highest BCUT2D eigenvalue weighted by Crippen LogP contribution is 2.38. The lowest BCUT2D eigenvalue weighted by Crippen LogP contribution is -2.54. The van der Waals surface area contributed by atoms with Gasteiger partial charge in [0.05, 0.1) is 5.69 Å². The van der Waals surface area contributed by atoms with E-state index in [9.17, 15) is 9.90 Å². The highest BCUT2D eigenvalue weighted by Gasteiger charge is 2.41. The summed E-state index contributed by atoms with van der Waals surface area (Å²) in [5.41, 5.74) is 0.847. The average molecular weight is 278 g/mol. The van der Waals surface area contributed by atoms with Crippen LogP contribution < -0.4 is 0 Å². The molecule has 3 atom stereocenters. The molecule has 1 aliphatic carbocycles. The molecule has 2 heterocycles. The maximum Gasteiger partial charge on any atom is 0.320 e. The second-order valence-electron chi connectivity index (χ2n) is 6.14. The number of carbonyl (C=O) groups is 1.